The van der Waals surface area contributed by atoms with Gasteiger partial charge in [-0.2, -0.15) is 18.4 Å². The number of nitrogens with one attached hydrogen (secondary N) is 2. The van der Waals surface area contributed by atoms with Gasteiger partial charge in [-0.1, -0.05) is 0 Å². The highest BCUT2D eigenvalue weighted by molar-refractivity contribution is 5.92. The predicted octanol–water partition coefficient (Wildman–Crippen LogP) is 0.217. The molecule has 10 heteroatoms. The lowest BCUT2D eigenvalue weighted by Gasteiger charge is -2.38. The van der Waals surface area contributed by atoms with Gasteiger partial charge in [-0.15, -0.1) is 0 Å². The summed E-state index contributed by atoms with van der Waals surface area (Å²) in [6.07, 6.45) is -2.01. The summed E-state index contributed by atoms with van der Waals surface area (Å²) in [6.45, 7) is -0.811. The molecule has 1 saturated heterocycles. The Bertz CT molecular complexity index is 653. The van der Waals surface area contributed by atoms with Gasteiger partial charge in [0.25, 0.3) is 0 Å². The predicted molar refractivity (Wildman–Crippen MR) is 76.5 cm³/mol. The third-order valence-corrected chi connectivity index (χ3v) is 5.14. The molecule has 3 fully saturated rings. The van der Waals surface area contributed by atoms with Crippen LogP contribution in [0.3, 0.4) is 0 Å². The molecule has 0 aromatic heterocycles. The summed E-state index contributed by atoms with van der Waals surface area (Å²) in [7, 11) is 0. The highest BCUT2D eigenvalue weighted by Crippen LogP contribution is 2.48. The molecule has 3 rings (SSSR count). The number of hydrogen-bond donors (Lipinski definition) is 2. The van der Waals surface area contributed by atoms with E-state index in [1.54, 1.807) is 5.32 Å². The topological polar surface area (TPSA) is 102 Å². The van der Waals surface area contributed by atoms with Crippen LogP contribution in [-0.4, -0.2) is 53.0 Å². The smallest absolute Gasteiger partial charge is 0.339 e. The Kier molecular flexibility index (Phi) is 4.13. The summed E-state index contributed by atoms with van der Waals surface area (Å²) in [5.74, 6) is -3.21. The molecule has 3 atom stereocenters. The van der Waals surface area contributed by atoms with Crippen molar-refractivity contribution in [2.24, 2.45) is 5.92 Å². The number of carbonyl (C=O) groups excluding carboxylic acids is 3. The molecular weight excluding hydrogens is 341 g/mol. The van der Waals surface area contributed by atoms with Crippen molar-refractivity contribution in [2.45, 2.75) is 55.9 Å². The van der Waals surface area contributed by atoms with Crippen LogP contribution >= 0.6 is 0 Å². The molecule has 0 spiro atoms. The van der Waals surface area contributed by atoms with Crippen molar-refractivity contribution in [2.75, 3.05) is 6.54 Å². The lowest BCUT2D eigenvalue weighted by molar-refractivity contribution is -0.174. The van der Waals surface area contributed by atoms with Crippen LogP contribution in [0.5, 0.6) is 0 Å². The average molecular weight is 358 g/mol. The SMILES string of the molecule is N#CC1(NC(=O)[C@@H]2C[C@H]3C[C@H]3N2C(=O)CNC(=O)C(F)(F)F)CCC1. The van der Waals surface area contributed by atoms with Gasteiger partial charge >= 0.3 is 12.1 Å². The molecule has 2 aliphatic carbocycles. The van der Waals surface area contributed by atoms with E-state index in [4.69, 9.17) is 0 Å². The molecule has 0 aromatic carbocycles. The molecule has 136 valence electrons. The van der Waals surface area contributed by atoms with Gasteiger partial charge in [0.05, 0.1) is 12.6 Å². The Morgan fingerprint density at radius 1 is 1.24 bits per heavy atom. The maximum atomic E-state index is 12.5. The van der Waals surface area contributed by atoms with Gasteiger partial charge in [0.1, 0.15) is 11.6 Å². The van der Waals surface area contributed by atoms with Gasteiger partial charge in [-0.05, 0) is 38.0 Å². The second-order valence-electron chi connectivity index (χ2n) is 6.83. The first-order chi connectivity index (χ1) is 11.7. The first kappa shape index (κ1) is 17.5. The number of likely N-dealkylation sites (tertiary alicyclic amines) is 1. The van der Waals surface area contributed by atoms with Crippen LogP contribution in [0.4, 0.5) is 13.2 Å². The number of hydrogen-bond acceptors (Lipinski definition) is 4. The lowest BCUT2D eigenvalue weighted by Crippen LogP contribution is -2.58. The zero-order chi connectivity index (χ0) is 18.4. The van der Waals surface area contributed by atoms with E-state index in [2.05, 4.69) is 11.4 Å². The lowest BCUT2D eigenvalue weighted by atomic mass is 9.78. The Hall–Kier alpha value is -2.31. The quantitative estimate of drug-likeness (QED) is 0.750. The number of rotatable bonds is 4. The zero-order valence-electron chi connectivity index (χ0n) is 13.2. The largest absolute Gasteiger partial charge is 0.471 e. The molecule has 3 amide bonds. The standard InChI is InChI=1S/C15H17F3N4O3/c16-15(17,18)13(25)20-6-11(23)22-9-4-8(9)5-10(22)12(24)21-14(7-19)2-1-3-14/h8-10H,1-6H2,(H,20,25)(H,21,24)/t8-,9-,10+/m1/s1. The number of amides is 3. The first-order valence-corrected chi connectivity index (χ1v) is 8.06. The molecular formula is C15H17F3N4O3. The summed E-state index contributed by atoms with van der Waals surface area (Å²) < 4.78 is 36.6. The van der Waals surface area contributed by atoms with E-state index < -0.39 is 42.0 Å². The fraction of sp³-hybridized carbons (Fsp3) is 0.733. The van der Waals surface area contributed by atoms with Crippen molar-refractivity contribution < 1.29 is 27.6 Å². The van der Waals surface area contributed by atoms with Crippen molar-refractivity contribution in [3.05, 3.63) is 0 Å². The molecule has 3 aliphatic rings. The van der Waals surface area contributed by atoms with Crippen molar-refractivity contribution in [1.82, 2.24) is 15.5 Å². The molecule has 0 radical (unpaired) electrons. The fourth-order valence-corrected chi connectivity index (χ4v) is 3.51. The first-order valence-electron chi connectivity index (χ1n) is 8.06. The highest BCUT2D eigenvalue weighted by Gasteiger charge is 2.57. The normalized spacial score (nSPS) is 29.0. The molecule has 0 bridgehead atoms. The average Bonchev–Trinajstić information content (AvgIpc) is 3.17. The van der Waals surface area contributed by atoms with Gasteiger partial charge in [0.15, 0.2) is 0 Å². The number of piperidine rings is 1. The van der Waals surface area contributed by atoms with Crippen LogP contribution in [0.1, 0.15) is 32.1 Å². The summed E-state index contributed by atoms with van der Waals surface area (Å²) in [5.41, 5.74) is -0.900. The van der Waals surface area contributed by atoms with E-state index in [9.17, 15) is 32.8 Å². The number of nitriles is 1. The summed E-state index contributed by atoms with van der Waals surface area (Å²) >= 11 is 0. The summed E-state index contributed by atoms with van der Waals surface area (Å²) in [4.78, 5) is 36.8. The van der Waals surface area contributed by atoms with Crippen molar-refractivity contribution >= 4 is 17.7 Å². The molecule has 1 heterocycles. The Labute approximate surface area is 141 Å². The van der Waals surface area contributed by atoms with Crippen LogP contribution in [0.2, 0.25) is 0 Å². The number of halogens is 3. The Morgan fingerprint density at radius 3 is 2.44 bits per heavy atom. The van der Waals surface area contributed by atoms with E-state index in [0.717, 1.165) is 6.42 Å². The second kappa shape index (κ2) is 5.89. The molecule has 1 aliphatic heterocycles. The van der Waals surface area contributed by atoms with E-state index >= 15 is 0 Å². The number of fused-ring (bicyclic) bond motifs is 1. The minimum atomic E-state index is -5.06. The molecule has 7 nitrogen and oxygen atoms in total. The molecule has 25 heavy (non-hydrogen) atoms. The maximum absolute atomic E-state index is 12.5. The Morgan fingerprint density at radius 2 is 1.92 bits per heavy atom. The molecule has 2 N–H and O–H groups in total. The number of alkyl halides is 3. The van der Waals surface area contributed by atoms with Crippen LogP contribution in [0.25, 0.3) is 0 Å². The van der Waals surface area contributed by atoms with Gasteiger partial charge < -0.3 is 15.5 Å². The monoisotopic (exact) mass is 358 g/mol. The van der Waals surface area contributed by atoms with E-state index in [-0.39, 0.29) is 12.0 Å². The van der Waals surface area contributed by atoms with E-state index in [0.29, 0.717) is 25.7 Å². The van der Waals surface area contributed by atoms with Crippen molar-refractivity contribution in [3.8, 4) is 6.07 Å². The third kappa shape index (κ3) is 3.27. The van der Waals surface area contributed by atoms with Gasteiger partial charge in [-0.25, -0.2) is 0 Å². The van der Waals surface area contributed by atoms with Crippen molar-refractivity contribution in [3.63, 3.8) is 0 Å². The van der Waals surface area contributed by atoms with Crippen LogP contribution < -0.4 is 10.6 Å². The molecule has 0 unspecified atom stereocenters. The summed E-state index contributed by atoms with van der Waals surface area (Å²) in [6, 6.07) is 1.10. The zero-order valence-corrected chi connectivity index (χ0v) is 13.2. The maximum Gasteiger partial charge on any atom is 0.471 e. The van der Waals surface area contributed by atoms with Gasteiger partial charge in [0, 0.05) is 6.04 Å². The highest BCUT2D eigenvalue weighted by atomic mass is 19.4. The number of nitrogens with zero attached hydrogens (tertiary/aromatic N) is 2. The van der Waals surface area contributed by atoms with Crippen molar-refractivity contribution in [1.29, 1.82) is 5.26 Å². The van der Waals surface area contributed by atoms with Crippen LogP contribution in [-0.2, 0) is 14.4 Å². The molecule has 2 saturated carbocycles. The van der Waals surface area contributed by atoms with Crippen LogP contribution in [0, 0.1) is 17.2 Å². The summed E-state index contributed by atoms with van der Waals surface area (Å²) in [5, 5.41) is 13.4. The third-order valence-electron chi connectivity index (χ3n) is 5.14. The number of carbonyl (C=O) groups is 3. The van der Waals surface area contributed by atoms with Gasteiger partial charge in [-0.3, -0.25) is 14.4 Å². The van der Waals surface area contributed by atoms with E-state index in [1.807, 2.05) is 0 Å². The minimum Gasteiger partial charge on any atom is -0.339 e. The van der Waals surface area contributed by atoms with Gasteiger partial charge in [0.2, 0.25) is 11.8 Å². The minimum absolute atomic E-state index is 0.150. The van der Waals surface area contributed by atoms with Crippen LogP contribution in [0.15, 0.2) is 0 Å². The van der Waals surface area contributed by atoms with E-state index in [1.165, 1.54) is 4.90 Å². The second-order valence-corrected chi connectivity index (χ2v) is 6.83. The molecule has 0 aromatic rings. The Balaban J connectivity index is 1.61. The fourth-order valence-electron chi connectivity index (χ4n) is 3.51.